The number of hydrogen-bond donors (Lipinski definition) is 2. The zero-order chi connectivity index (χ0) is 15.8. The Balaban J connectivity index is 0.00000264. The van der Waals surface area contributed by atoms with E-state index >= 15 is 0 Å². The molecule has 1 heterocycles. The van der Waals surface area contributed by atoms with Crippen LogP contribution in [0.5, 0.6) is 0 Å². The lowest BCUT2D eigenvalue weighted by molar-refractivity contribution is 0.189. The van der Waals surface area contributed by atoms with Crippen LogP contribution in [0.25, 0.3) is 0 Å². The second-order valence-electron chi connectivity index (χ2n) is 6.82. The molecule has 2 rings (SSSR count). The van der Waals surface area contributed by atoms with Crippen molar-refractivity contribution in [2.75, 3.05) is 39.0 Å². The number of hydrogen-bond acceptors (Lipinski definition) is 3. The Labute approximate surface area is 164 Å². The Morgan fingerprint density at radius 2 is 2.13 bits per heavy atom. The van der Waals surface area contributed by atoms with Crippen molar-refractivity contribution in [1.29, 1.82) is 0 Å². The van der Waals surface area contributed by atoms with Gasteiger partial charge in [0.25, 0.3) is 0 Å². The van der Waals surface area contributed by atoms with E-state index in [-0.39, 0.29) is 24.0 Å². The topological polar surface area (TPSA) is 39.7 Å². The largest absolute Gasteiger partial charge is 0.357 e. The molecule has 0 aromatic heterocycles. The van der Waals surface area contributed by atoms with E-state index in [9.17, 15) is 0 Å². The Kier molecular flexibility index (Phi) is 10.9. The number of thioether (sulfide) groups is 1. The van der Waals surface area contributed by atoms with Gasteiger partial charge in [0.05, 0.1) is 6.54 Å². The summed E-state index contributed by atoms with van der Waals surface area (Å²) < 4.78 is 0. The number of aliphatic imine (C=N–C) groups is 1. The van der Waals surface area contributed by atoms with Crippen molar-refractivity contribution in [3.8, 4) is 0 Å². The van der Waals surface area contributed by atoms with Gasteiger partial charge in [-0.1, -0.05) is 6.92 Å². The number of nitrogens with one attached hydrogen (secondary N) is 2. The third-order valence-corrected chi connectivity index (χ3v) is 5.93. The highest BCUT2D eigenvalue weighted by molar-refractivity contribution is 14.0. The van der Waals surface area contributed by atoms with Gasteiger partial charge in [-0.25, -0.2) is 0 Å². The average molecular weight is 454 g/mol. The summed E-state index contributed by atoms with van der Waals surface area (Å²) in [5.41, 5.74) is 0. The van der Waals surface area contributed by atoms with Crippen LogP contribution in [-0.2, 0) is 0 Å². The fourth-order valence-corrected chi connectivity index (χ4v) is 4.39. The van der Waals surface area contributed by atoms with Crippen molar-refractivity contribution in [1.82, 2.24) is 15.5 Å². The van der Waals surface area contributed by atoms with Crippen LogP contribution < -0.4 is 10.6 Å². The molecular weight excluding hydrogens is 419 g/mol. The lowest BCUT2D eigenvalue weighted by Gasteiger charge is -2.30. The van der Waals surface area contributed by atoms with Crippen molar-refractivity contribution in [3.63, 3.8) is 0 Å². The summed E-state index contributed by atoms with van der Waals surface area (Å²) in [7, 11) is 0. The Morgan fingerprint density at radius 3 is 2.78 bits per heavy atom. The molecule has 1 aliphatic carbocycles. The van der Waals surface area contributed by atoms with Gasteiger partial charge >= 0.3 is 0 Å². The molecule has 3 atom stereocenters. The van der Waals surface area contributed by atoms with Crippen LogP contribution in [-0.4, -0.2) is 61.1 Å². The van der Waals surface area contributed by atoms with Crippen molar-refractivity contribution < 1.29 is 0 Å². The molecule has 4 nitrogen and oxygen atoms in total. The molecule has 0 amide bonds. The molecule has 23 heavy (non-hydrogen) atoms. The van der Waals surface area contributed by atoms with Crippen LogP contribution in [0.3, 0.4) is 0 Å². The van der Waals surface area contributed by atoms with Crippen LogP contribution in [0.4, 0.5) is 0 Å². The maximum absolute atomic E-state index is 4.79. The smallest absolute Gasteiger partial charge is 0.191 e. The highest BCUT2D eigenvalue weighted by Gasteiger charge is 2.24. The van der Waals surface area contributed by atoms with Crippen LogP contribution in [0.1, 0.15) is 46.0 Å². The molecule has 0 aromatic carbocycles. The molecule has 6 heteroatoms. The summed E-state index contributed by atoms with van der Waals surface area (Å²) in [5.74, 6) is 1.87. The molecule has 2 fully saturated rings. The summed E-state index contributed by atoms with van der Waals surface area (Å²) in [5, 5.41) is 7.87. The third kappa shape index (κ3) is 7.82. The quantitative estimate of drug-likeness (QED) is 0.368. The van der Waals surface area contributed by atoms with Crippen molar-refractivity contribution in [3.05, 3.63) is 0 Å². The molecule has 1 saturated carbocycles. The maximum atomic E-state index is 4.79. The third-order valence-electron chi connectivity index (χ3n) is 4.83. The molecule has 0 radical (unpaired) electrons. The predicted octanol–water partition coefficient (Wildman–Crippen LogP) is 3.18. The molecule has 3 unspecified atom stereocenters. The van der Waals surface area contributed by atoms with Gasteiger partial charge < -0.3 is 15.5 Å². The average Bonchev–Trinajstić information content (AvgIpc) is 2.95. The van der Waals surface area contributed by atoms with Crippen LogP contribution in [0.15, 0.2) is 4.99 Å². The second kappa shape index (κ2) is 11.8. The number of piperidine rings is 1. The number of guanidine groups is 1. The van der Waals surface area contributed by atoms with Gasteiger partial charge in [-0.3, -0.25) is 4.99 Å². The summed E-state index contributed by atoms with van der Waals surface area (Å²) in [4.78, 5) is 7.36. The van der Waals surface area contributed by atoms with Gasteiger partial charge in [-0.05, 0) is 57.7 Å². The van der Waals surface area contributed by atoms with Gasteiger partial charge in [0.1, 0.15) is 0 Å². The van der Waals surface area contributed by atoms with E-state index in [1.807, 2.05) is 11.8 Å². The number of likely N-dealkylation sites (tertiary alicyclic amines) is 1. The lowest BCUT2D eigenvalue weighted by atomic mass is 10.0. The van der Waals surface area contributed by atoms with Gasteiger partial charge in [0.15, 0.2) is 5.96 Å². The fourth-order valence-electron chi connectivity index (χ4n) is 3.59. The van der Waals surface area contributed by atoms with E-state index in [4.69, 9.17) is 4.99 Å². The fraction of sp³-hybridized carbons (Fsp3) is 0.941. The number of rotatable bonds is 6. The summed E-state index contributed by atoms with van der Waals surface area (Å²) in [6.45, 7) is 9.94. The second-order valence-corrected chi connectivity index (χ2v) is 7.96. The van der Waals surface area contributed by atoms with Crippen LogP contribution >= 0.6 is 35.7 Å². The number of halogens is 1. The van der Waals surface area contributed by atoms with E-state index < -0.39 is 0 Å². The first-order valence-electron chi connectivity index (χ1n) is 9.01. The molecule has 2 aliphatic rings. The summed E-state index contributed by atoms with van der Waals surface area (Å²) in [6, 6.07) is 0.602. The van der Waals surface area contributed by atoms with E-state index in [0.29, 0.717) is 6.04 Å². The minimum absolute atomic E-state index is 0. The van der Waals surface area contributed by atoms with Crippen molar-refractivity contribution >= 4 is 41.7 Å². The van der Waals surface area contributed by atoms with Gasteiger partial charge in [-0.15, -0.1) is 24.0 Å². The zero-order valence-electron chi connectivity index (χ0n) is 15.0. The summed E-state index contributed by atoms with van der Waals surface area (Å²) >= 11 is 2.01. The lowest BCUT2D eigenvalue weighted by Crippen LogP contribution is -2.43. The zero-order valence-corrected chi connectivity index (χ0v) is 18.2. The minimum Gasteiger partial charge on any atom is -0.357 e. The Hall–Kier alpha value is 0.310. The van der Waals surface area contributed by atoms with Gasteiger partial charge in [0.2, 0.25) is 0 Å². The molecule has 2 N–H and O–H groups in total. The Bertz CT molecular complexity index is 353. The first-order chi connectivity index (χ1) is 10.7. The van der Waals surface area contributed by atoms with Gasteiger partial charge in [0, 0.05) is 30.9 Å². The van der Waals surface area contributed by atoms with E-state index in [1.54, 1.807) is 0 Å². The van der Waals surface area contributed by atoms with Crippen molar-refractivity contribution in [2.45, 2.75) is 57.2 Å². The highest BCUT2D eigenvalue weighted by Crippen LogP contribution is 2.28. The van der Waals surface area contributed by atoms with Gasteiger partial charge in [-0.2, -0.15) is 11.8 Å². The molecular formula is C17H35IN4S. The molecule has 0 aromatic rings. The highest BCUT2D eigenvalue weighted by atomic mass is 127. The maximum Gasteiger partial charge on any atom is 0.191 e. The SMILES string of the molecule is CCNC(=NCCN1CCCC(C)C1)NC1CCC(SC)C1.I. The van der Waals surface area contributed by atoms with E-state index in [0.717, 1.165) is 36.8 Å². The van der Waals surface area contributed by atoms with Crippen LogP contribution in [0.2, 0.25) is 0 Å². The van der Waals surface area contributed by atoms with E-state index in [2.05, 4.69) is 35.6 Å². The standard InChI is InChI=1S/C17H34N4S.HI/c1-4-18-17(20-15-7-8-16(12-15)22-3)19-9-11-21-10-5-6-14(2)13-21;/h14-16H,4-13H2,1-3H3,(H2,18,19,20);1H. The van der Waals surface area contributed by atoms with Crippen molar-refractivity contribution in [2.24, 2.45) is 10.9 Å². The van der Waals surface area contributed by atoms with E-state index in [1.165, 1.54) is 45.2 Å². The Morgan fingerprint density at radius 1 is 1.30 bits per heavy atom. The molecule has 1 saturated heterocycles. The van der Waals surface area contributed by atoms with Crippen LogP contribution in [0, 0.1) is 5.92 Å². The minimum atomic E-state index is 0. The normalized spacial score (nSPS) is 29.2. The molecule has 1 aliphatic heterocycles. The first-order valence-corrected chi connectivity index (χ1v) is 10.3. The summed E-state index contributed by atoms with van der Waals surface area (Å²) in [6.07, 6.45) is 8.86. The molecule has 136 valence electrons. The molecule has 0 spiro atoms. The number of nitrogens with zero attached hydrogens (tertiary/aromatic N) is 2. The molecule has 0 bridgehead atoms. The first kappa shape index (κ1) is 21.4. The monoisotopic (exact) mass is 454 g/mol. The predicted molar refractivity (Wildman–Crippen MR) is 114 cm³/mol.